The van der Waals surface area contributed by atoms with Crippen LogP contribution in [0, 0.1) is 3.57 Å². The van der Waals surface area contributed by atoms with Gasteiger partial charge in [-0.2, -0.15) is 0 Å². The van der Waals surface area contributed by atoms with E-state index in [1.807, 2.05) is 19.1 Å². The lowest BCUT2D eigenvalue weighted by Gasteiger charge is -2.20. The number of nitrogens with one attached hydrogen (secondary N) is 1. The Morgan fingerprint density at radius 3 is 2.57 bits per heavy atom. The molecule has 0 saturated carbocycles. The second kappa shape index (κ2) is 7.70. The van der Waals surface area contributed by atoms with Crippen molar-refractivity contribution in [3.8, 4) is 5.75 Å². The Morgan fingerprint density at radius 1 is 1.29 bits per heavy atom. The second-order valence-corrected chi connectivity index (χ2v) is 7.15. The Balaban J connectivity index is 2.27. The van der Waals surface area contributed by atoms with Crippen LogP contribution in [0.1, 0.15) is 25.5 Å². The first-order valence-corrected chi connectivity index (χ1v) is 8.90. The molecule has 0 radical (unpaired) electrons. The molecule has 0 aliphatic carbocycles. The van der Waals surface area contributed by atoms with E-state index in [9.17, 15) is 0 Å². The van der Waals surface area contributed by atoms with Gasteiger partial charge in [0.2, 0.25) is 0 Å². The van der Waals surface area contributed by atoms with Crippen LogP contribution in [-0.2, 0) is 0 Å². The van der Waals surface area contributed by atoms with Gasteiger partial charge in [-0.3, -0.25) is 0 Å². The van der Waals surface area contributed by atoms with Crippen LogP contribution in [0.25, 0.3) is 0 Å². The van der Waals surface area contributed by atoms with Crippen molar-refractivity contribution in [2.75, 3.05) is 11.9 Å². The van der Waals surface area contributed by atoms with Crippen molar-refractivity contribution < 1.29 is 4.74 Å². The third-order valence-corrected chi connectivity index (χ3v) is 4.57. The number of ether oxygens (including phenoxy) is 1. The average Bonchev–Trinajstić information content (AvgIpc) is 2.43. The first-order valence-electron chi connectivity index (χ1n) is 6.65. The topological polar surface area (TPSA) is 21.3 Å². The van der Waals surface area contributed by atoms with Gasteiger partial charge in [0.25, 0.3) is 0 Å². The van der Waals surface area contributed by atoms with Crippen LogP contribution < -0.4 is 10.1 Å². The molecule has 0 fully saturated rings. The second-order valence-electron chi connectivity index (χ2n) is 4.61. The van der Waals surface area contributed by atoms with E-state index in [2.05, 4.69) is 75.0 Å². The summed E-state index contributed by atoms with van der Waals surface area (Å²) in [6.45, 7) is 4.69. The van der Waals surface area contributed by atoms with E-state index >= 15 is 0 Å². The van der Waals surface area contributed by atoms with Crippen molar-refractivity contribution in [1.82, 2.24) is 0 Å². The van der Waals surface area contributed by atoms with Gasteiger partial charge in [-0.15, -0.1) is 0 Å². The van der Waals surface area contributed by atoms with Crippen LogP contribution >= 0.6 is 50.1 Å². The molecule has 0 aliphatic rings. The Labute approximate surface area is 152 Å². The molecule has 0 bridgehead atoms. The molecule has 1 unspecified atom stereocenters. The molecular formula is C16H16BrClINO. The van der Waals surface area contributed by atoms with Crippen molar-refractivity contribution in [2.24, 2.45) is 0 Å². The van der Waals surface area contributed by atoms with Gasteiger partial charge in [-0.1, -0.05) is 23.7 Å². The lowest BCUT2D eigenvalue weighted by atomic mass is 10.1. The Bertz CT molecular complexity index is 618. The Kier molecular flexibility index (Phi) is 6.20. The predicted octanol–water partition coefficient (Wildman–Crippen LogP) is 6.28. The summed E-state index contributed by atoms with van der Waals surface area (Å²) in [7, 11) is 0. The van der Waals surface area contributed by atoms with E-state index in [0.29, 0.717) is 11.6 Å². The molecule has 0 amide bonds. The molecule has 0 spiro atoms. The molecule has 0 aliphatic heterocycles. The molecule has 2 aromatic rings. The van der Waals surface area contributed by atoms with Gasteiger partial charge < -0.3 is 10.1 Å². The summed E-state index contributed by atoms with van der Waals surface area (Å²) in [5, 5.41) is 4.14. The van der Waals surface area contributed by atoms with Gasteiger partial charge in [0.05, 0.1) is 16.8 Å². The van der Waals surface area contributed by atoms with Crippen molar-refractivity contribution in [2.45, 2.75) is 19.9 Å². The van der Waals surface area contributed by atoms with Gasteiger partial charge in [0, 0.05) is 14.6 Å². The zero-order valence-electron chi connectivity index (χ0n) is 11.8. The summed E-state index contributed by atoms with van der Waals surface area (Å²) in [5.74, 6) is 0.791. The highest BCUT2D eigenvalue weighted by molar-refractivity contribution is 14.1. The fraction of sp³-hybridized carbons (Fsp3) is 0.250. The monoisotopic (exact) mass is 479 g/mol. The third-order valence-electron chi connectivity index (χ3n) is 3.04. The molecule has 0 saturated heterocycles. The first-order chi connectivity index (χ1) is 10.0. The quantitative estimate of drug-likeness (QED) is 0.509. The molecule has 1 atom stereocenters. The molecule has 21 heavy (non-hydrogen) atoms. The normalized spacial score (nSPS) is 12.0. The maximum Gasteiger partial charge on any atom is 0.156 e. The molecule has 5 heteroatoms. The van der Waals surface area contributed by atoms with Gasteiger partial charge >= 0.3 is 0 Å². The SMILES string of the molecule is CCOc1c(Br)cc(Cl)cc1NC(C)c1ccc(I)cc1. The van der Waals surface area contributed by atoms with Crippen molar-refractivity contribution in [1.29, 1.82) is 0 Å². The summed E-state index contributed by atoms with van der Waals surface area (Å²) in [6, 6.07) is 12.3. The average molecular weight is 481 g/mol. The number of hydrogen-bond acceptors (Lipinski definition) is 2. The van der Waals surface area contributed by atoms with Crippen LogP contribution in [0.15, 0.2) is 40.9 Å². The maximum atomic E-state index is 6.15. The van der Waals surface area contributed by atoms with Gasteiger partial charge in [-0.05, 0) is 82.2 Å². The zero-order chi connectivity index (χ0) is 15.4. The van der Waals surface area contributed by atoms with Crippen molar-refractivity contribution in [3.63, 3.8) is 0 Å². The standard InChI is InChI=1S/C16H16BrClINO/c1-3-21-16-14(17)8-12(18)9-15(16)20-10(2)11-4-6-13(19)7-5-11/h4-10,20H,3H2,1-2H3. The highest BCUT2D eigenvalue weighted by Gasteiger charge is 2.13. The van der Waals surface area contributed by atoms with Crippen LogP contribution in [0.3, 0.4) is 0 Å². The van der Waals surface area contributed by atoms with E-state index < -0.39 is 0 Å². The lowest BCUT2D eigenvalue weighted by Crippen LogP contribution is -2.08. The largest absolute Gasteiger partial charge is 0.491 e. The summed E-state index contributed by atoms with van der Waals surface area (Å²) in [5.41, 5.74) is 2.11. The van der Waals surface area contributed by atoms with Crippen LogP contribution in [0.5, 0.6) is 5.75 Å². The minimum Gasteiger partial charge on any atom is -0.491 e. The van der Waals surface area contributed by atoms with E-state index in [1.165, 1.54) is 9.13 Å². The van der Waals surface area contributed by atoms with E-state index in [4.69, 9.17) is 16.3 Å². The highest BCUT2D eigenvalue weighted by atomic mass is 127. The van der Waals surface area contributed by atoms with E-state index in [1.54, 1.807) is 0 Å². The van der Waals surface area contributed by atoms with Gasteiger partial charge in [0.1, 0.15) is 0 Å². The molecule has 1 N–H and O–H groups in total. The third kappa shape index (κ3) is 4.50. The molecular weight excluding hydrogens is 464 g/mol. The number of halogens is 3. The van der Waals surface area contributed by atoms with Crippen LogP contribution in [0.2, 0.25) is 5.02 Å². The lowest BCUT2D eigenvalue weighted by molar-refractivity contribution is 0.339. The molecule has 2 aromatic carbocycles. The molecule has 0 heterocycles. The minimum absolute atomic E-state index is 0.159. The zero-order valence-corrected chi connectivity index (χ0v) is 16.3. The minimum atomic E-state index is 0.159. The molecule has 2 nitrogen and oxygen atoms in total. The summed E-state index contributed by atoms with van der Waals surface area (Å²) in [6.07, 6.45) is 0. The molecule has 2 rings (SSSR count). The number of hydrogen-bond donors (Lipinski definition) is 1. The van der Waals surface area contributed by atoms with Crippen molar-refractivity contribution >= 4 is 55.8 Å². The van der Waals surface area contributed by atoms with Crippen molar-refractivity contribution in [3.05, 3.63) is 55.0 Å². The summed E-state index contributed by atoms with van der Waals surface area (Å²) < 4.78 is 7.79. The smallest absolute Gasteiger partial charge is 0.156 e. The Hall–Kier alpha value is -0.460. The molecule has 0 aromatic heterocycles. The first kappa shape index (κ1) is 16.9. The summed E-state index contributed by atoms with van der Waals surface area (Å²) >= 11 is 12.0. The number of anilines is 1. The van der Waals surface area contributed by atoms with E-state index in [-0.39, 0.29) is 6.04 Å². The number of rotatable bonds is 5. The fourth-order valence-corrected chi connectivity index (χ4v) is 3.31. The maximum absolute atomic E-state index is 6.15. The Morgan fingerprint density at radius 2 is 1.95 bits per heavy atom. The fourth-order valence-electron chi connectivity index (χ4n) is 2.03. The predicted molar refractivity (Wildman–Crippen MR) is 102 cm³/mol. The molecule has 112 valence electrons. The summed E-state index contributed by atoms with van der Waals surface area (Å²) in [4.78, 5) is 0. The van der Waals surface area contributed by atoms with E-state index in [0.717, 1.165) is 15.9 Å². The van der Waals surface area contributed by atoms with Crippen LogP contribution in [0.4, 0.5) is 5.69 Å². The number of benzene rings is 2. The highest BCUT2D eigenvalue weighted by Crippen LogP contribution is 2.38. The van der Waals surface area contributed by atoms with Gasteiger partial charge in [-0.25, -0.2) is 0 Å². The van der Waals surface area contributed by atoms with Gasteiger partial charge in [0.15, 0.2) is 5.75 Å². The van der Waals surface area contributed by atoms with Crippen LogP contribution in [-0.4, -0.2) is 6.61 Å².